The quantitative estimate of drug-likeness (QED) is 0.682. The molecule has 0 aromatic heterocycles. The third-order valence-electron chi connectivity index (χ3n) is 3.68. The second-order valence-electron chi connectivity index (χ2n) is 4.97. The van der Waals surface area contributed by atoms with Gasteiger partial charge < -0.3 is 14.8 Å². The number of nitrogens with zero attached hydrogens (tertiary/aromatic N) is 2. The molecule has 3 aromatic rings. The summed E-state index contributed by atoms with van der Waals surface area (Å²) in [5.74, 6) is 1.45. The SMILES string of the molecule is COc1ccc(OC)c(Nc2ccc([N+]#N)c3ccccc23)c1. The van der Waals surface area contributed by atoms with Crippen molar-refractivity contribution < 1.29 is 9.47 Å². The standard InChI is InChI=1S/C18H16N3O2/c1-22-12-7-10-18(23-2)17(11-12)20-15-8-9-16(21-19)14-6-4-3-5-13(14)15/h3-11,20H,1-2H3/q+1. The van der Waals surface area contributed by atoms with Crippen LogP contribution in [0.3, 0.4) is 0 Å². The van der Waals surface area contributed by atoms with Gasteiger partial charge in [-0.1, -0.05) is 18.2 Å². The van der Waals surface area contributed by atoms with E-state index in [-0.39, 0.29) is 0 Å². The zero-order valence-corrected chi connectivity index (χ0v) is 12.9. The molecule has 0 radical (unpaired) electrons. The molecule has 3 rings (SSSR count). The molecule has 5 heteroatoms. The molecule has 0 saturated carbocycles. The summed E-state index contributed by atoms with van der Waals surface area (Å²) >= 11 is 0. The molecule has 0 heterocycles. The second-order valence-corrected chi connectivity index (χ2v) is 4.97. The van der Waals surface area contributed by atoms with Crippen LogP contribution in [0.4, 0.5) is 17.1 Å². The maximum Gasteiger partial charge on any atom is 0.392 e. The Morgan fingerprint density at radius 3 is 2.35 bits per heavy atom. The van der Waals surface area contributed by atoms with E-state index in [1.807, 2.05) is 48.5 Å². The van der Waals surface area contributed by atoms with Crippen LogP contribution < -0.4 is 14.8 Å². The van der Waals surface area contributed by atoms with Crippen molar-refractivity contribution in [3.8, 4) is 11.5 Å². The fourth-order valence-corrected chi connectivity index (χ4v) is 2.54. The van der Waals surface area contributed by atoms with Crippen LogP contribution in [0.5, 0.6) is 11.5 Å². The Morgan fingerprint density at radius 1 is 0.870 bits per heavy atom. The number of anilines is 2. The molecular weight excluding hydrogens is 290 g/mol. The summed E-state index contributed by atoms with van der Waals surface area (Å²) in [5, 5.41) is 14.3. The fraction of sp³-hybridized carbons (Fsp3) is 0.111. The first kappa shape index (κ1) is 14.7. The molecule has 114 valence electrons. The Kier molecular flexibility index (Phi) is 3.98. The molecule has 0 aliphatic rings. The van der Waals surface area contributed by atoms with E-state index in [1.54, 1.807) is 20.3 Å². The minimum Gasteiger partial charge on any atom is -0.497 e. The van der Waals surface area contributed by atoms with Gasteiger partial charge in [-0.05, 0) is 24.3 Å². The molecule has 0 aliphatic heterocycles. The van der Waals surface area contributed by atoms with Gasteiger partial charge in [0.2, 0.25) is 5.39 Å². The van der Waals surface area contributed by atoms with Crippen LogP contribution in [0.25, 0.3) is 15.7 Å². The Bertz CT molecular complexity index is 900. The van der Waals surface area contributed by atoms with Crippen LogP contribution in [-0.2, 0) is 0 Å². The zero-order chi connectivity index (χ0) is 16.2. The second kappa shape index (κ2) is 6.24. The lowest BCUT2D eigenvalue weighted by atomic mass is 10.1. The van der Waals surface area contributed by atoms with Gasteiger partial charge in [0, 0.05) is 23.2 Å². The van der Waals surface area contributed by atoms with Gasteiger partial charge in [0.05, 0.1) is 25.3 Å². The van der Waals surface area contributed by atoms with Crippen molar-refractivity contribution >= 4 is 27.8 Å². The first-order valence-electron chi connectivity index (χ1n) is 7.12. The molecule has 0 aliphatic carbocycles. The highest BCUT2D eigenvalue weighted by Gasteiger charge is 2.15. The van der Waals surface area contributed by atoms with E-state index < -0.39 is 0 Å². The normalized spacial score (nSPS) is 10.1. The molecule has 5 nitrogen and oxygen atoms in total. The topological polar surface area (TPSA) is 58.6 Å². The Labute approximate surface area is 134 Å². The van der Waals surface area contributed by atoms with Crippen LogP contribution in [0.2, 0.25) is 0 Å². The highest BCUT2D eigenvalue weighted by atomic mass is 16.5. The van der Waals surface area contributed by atoms with E-state index in [4.69, 9.17) is 14.9 Å². The van der Waals surface area contributed by atoms with Gasteiger partial charge in [-0.2, -0.15) is 0 Å². The van der Waals surface area contributed by atoms with Crippen molar-refractivity contribution in [2.24, 2.45) is 0 Å². The van der Waals surface area contributed by atoms with Crippen LogP contribution >= 0.6 is 0 Å². The van der Waals surface area contributed by atoms with Gasteiger partial charge in [0.25, 0.3) is 0 Å². The summed E-state index contributed by atoms with van der Waals surface area (Å²) in [6, 6.07) is 16.9. The third-order valence-corrected chi connectivity index (χ3v) is 3.68. The molecule has 1 N–H and O–H groups in total. The van der Waals surface area contributed by atoms with Crippen molar-refractivity contribution in [1.29, 1.82) is 5.39 Å². The van der Waals surface area contributed by atoms with E-state index in [2.05, 4.69) is 10.3 Å². The molecule has 0 amide bonds. The maximum atomic E-state index is 9.13. The smallest absolute Gasteiger partial charge is 0.392 e. The summed E-state index contributed by atoms with van der Waals surface area (Å²) in [5.41, 5.74) is 2.22. The van der Waals surface area contributed by atoms with Crippen LogP contribution in [-0.4, -0.2) is 14.2 Å². The van der Waals surface area contributed by atoms with Gasteiger partial charge >= 0.3 is 5.69 Å². The van der Waals surface area contributed by atoms with Crippen LogP contribution in [0, 0.1) is 5.39 Å². The highest BCUT2D eigenvalue weighted by molar-refractivity contribution is 6.03. The molecule has 23 heavy (non-hydrogen) atoms. The monoisotopic (exact) mass is 306 g/mol. The lowest BCUT2D eigenvalue weighted by molar-refractivity contribution is 0.405. The lowest BCUT2D eigenvalue weighted by Crippen LogP contribution is -1.96. The first-order valence-corrected chi connectivity index (χ1v) is 7.12. The summed E-state index contributed by atoms with van der Waals surface area (Å²) in [7, 11) is 3.25. The number of benzene rings is 3. The Hall–Kier alpha value is -3.26. The molecule has 0 fully saturated rings. The molecule has 0 unspecified atom stereocenters. The fourth-order valence-electron chi connectivity index (χ4n) is 2.54. The number of hydrogen-bond acceptors (Lipinski definition) is 4. The van der Waals surface area contributed by atoms with Gasteiger partial charge in [0.1, 0.15) is 11.5 Å². The average Bonchev–Trinajstić information content (AvgIpc) is 2.62. The average molecular weight is 306 g/mol. The van der Waals surface area contributed by atoms with Crippen molar-refractivity contribution in [3.63, 3.8) is 0 Å². The molecule has 0 atom stereocenters. The number of fused-ring (bicyclic) bond motifs is 1. The number of hydrogen-bond donors (Lipinski definition) is 1. The van der Waals surface area contributed by atoms with E-state index in [0.717, 1.165) is 27.9 Å². The maximum absolute atomic E-state index is 9.13. The number of ether oxygens (including phenoxy) is 2. The Balaban J connectivity index is 2.11. The minimum atomic E-state index is 0.531. The van der Waals surface area contributed by atoms with Gasteiger partial charge in [0.15, 0.2) is 4.98 Å². The van der Waals surface area contributed by atoms with Gasteiger partial charge in [-0.25, -0.2) is 0 Å². The summed E-state index contributed by atoms with van der Waals surface area (Å²) < 4.78 is 10.7. The van der Waals surface area contributed by atoms with Gasteiger partial charge in [-0.15, -0.1) is 0 Å². The van der Waals surface area contributed by atoms with Crippen molar-refractivity contribution in [3.05, 3.63) is 59.6 Å². The number of nitrogens with one attached hydrogen (secondary N) is 1. The van der Waals surface area contributed by atoms with Crippen molar-refractivity contribution in [2.45, 2.75) is 0 Å². The van der Waals surface area contributed by atoms with Crippen LogP contribution in [0.15, 0.2) is 54.6 Å². The number of diazo groups is 1. The van der Waals surface area contributed by atoms with E-state index >= 15 is 0 Å². The van der Waals surface area contributed by atoms with Crippen molar-refractivity contribution in [1.82, 2.24) is 0 Å². The Morgan fingerprint density at radius 2 is 1.65 bits per heavy atom. The molecular formula is C18H16N3O2+. The molecule has 0 bridgehead atoms. The van der Waals surface area contributed by atoms with E-state index in [1.165, 1.54) is 0 Å². The predicted octanol–water partition coefficient (Wildman–Crippen LogP) is 5.09. The van der Waals surface area contributed by atoms with Gasteiger partial charge in [-0.3, -0.25) is 0 Å². The van der Waals surface area contributed by atoms with Crippen molar-refractivity contribution in [2.75, 3.05) is 19.5 Å². The summed E-state index contributed by atoms with van der Waals surface area (Å²) in [6.45, 7) is 0. The van der Waals surface area contributed by atoms with E-state index in [9.17, 15) is 0 Å². The minimum absolute atomic E-state index is 0.531. The summed E-state index contributed by atoms with van der Waals surface area (Å²) in [4.78, 5) is 3.34. The summed E-state index contributed by atoms with van der Waals surface area (Å²) in [6.07, 6.45) is 0. The highest BCUT2D eigenvalue weighted by Crippen LogP contribution is 2.36. The largest absolute Gasteiger partial charge is 0.497 e. The predicted molar refractivity (Wildman–Crippen MR) is 91.5 cm³/mol. The molecule has 0 spiro atoms. The molecule has 3 aromatic carbocycles. The van der Waals surface area contributed by atoms with Crippen LogP contribution in [0.1, 0.15) is 0 Å². The molecule has 0 saturated heterocycles. The first-order chi connectivity index (χ1) is 11.3. The van der Waals surface area contributed by atoms with E-state index in [0.29, 0.717) is 11.4 Å². The third kappa shape index (κ3) is 2.74. The lowest BCUT2D eigenvalue weighted by Gasteiger charge is -2.14. The zero-order valence-electron chi connectivity index (χ0n) is 12.9. The number of methoxy groups -OCH3 is 2. The number of rotatable bonds is 4.